The van der Waals surface area contributed by atoms with Gasteiger partial charge in [-0.25, -0.2) is 13.8 Å². The summed E-state index contributed by atoms with van der Waals surface area (Å²) < 4.78 is 29.1. The highest BCUT2D eigenvalue weighted by atomic mass is 19.1. The summed E-state index contributed by atoms with van der Waals surface area (Å²) in [5.41, 5.74) is 1.07. The lowest BCUT2D eigenvalue weighted by atomic mass is 10.2. The first-order chi connectivity index (χ1) is 11.1. The number of amides is 1. The number of imidazole rings is 1. The van der Waals surface area contributed by atoms with Gasteiger partial charge in [0.15, 0.2) is 0 Å². The number of para-hydroxylation sites is 1. The number of nitrogens with one attached hydrogen (secondary N) is 1. The van der Waals surface area contributed by atoms with E-state index in [-0.39, 0.29) is 0 Å². The zero-order valence-corrected chi connectivity index (χ0v) is 12.5. The van der Waals surface area contributed by atoms with Crippen LogP contribution in [-0.2, 0) is 6.42 Å². The molecule has 118 valence electrons. The van der Waals surface area contributed by atoms with Crippen LogP contribution >= 0.6 is 0 Å². The fourth-order valence-electron chi connectivity index (χ4n) is 2.49. The molecule has 3 rings (SSSR count). The minimum Gasteiger partial charge on any atom is -0.316 e. The maximum absolute atomic E-state index is 13.7. The number of pyridine rings is 1. The standard InChI is InChI=1S/C17H15F2N3O/c1-2-6-13-16(22-10-4-3-9-14(22)20-13)17(23)21-15-11(18)7-5-8-12(15)19/h3-5,7-10H,2,6H2,1H3,(H,21,23). The molecular weight excluding hydrogens is 300 g/mol. The van der Waals surface area contributed by atoms with Crippen LogP contribution in [0.25, 0.3) is 5.65 Å². The first-order valence-corrected chi connectivity index (χ1v) is 7.33. The van der Waals surface area contributed by atoms with E-state index >= 15 is 0 Å². The molecule has 0 atom stereocenters. The van der Waals surface area contributed by atoms with Crippen LogP contribution in [0.4, 0.5) is 14.5 Å². The van der Waals surface area contributed by atoms with Crippen LogP contribution < -0.4 is 5.32 Å². The van der Waals surface area contributed by atoms with Crippen molar-refractivity contribution < 1.29 is 13.6 Å². The molecule has 0 spiro atoms. The summed E-state index contributed by atoms with van der Waals surface area (Å²) in [5.74, 6) is -2.22. The van der Waals surface area contributed by atoms with Gasteiger partial charge in [-0.3, -0.25) is 9.20 Å². The Morgan fingerprint density at radius 1 is 1.17 bits per heavy atom. The summed E-state index contributed by atoms with van der Waals surface area (Å²) in [6, 6.07) is 8.80. The number of hydrogen-bond donors (Lipinski definition) is 1. The molecule has 4 nitrogen and oxygen atoms in total. The lowest BCUT2D eigenvalue weighted by molar-refractivity contribution is 0.101. The van der Waals surface area contributed by atoms with Crippen molar-refractivity contribution in [3.63, 3.8) is 0 Å². The van der Waals surface area contributed by atoms with Crippen molar-refractivity contribution in [1.29, 1.82) is 0 Å². The number of rotatable bonds is 4. The molecule has 2 heterocycles. The van der Waals surface area contributed by atoms with Crippen molar-refractivity contribution in [3.05, 3.63) is 65.6 Å². The number of nitrogens with zero attached hydrogens (tertiary/aromatic N) is 2. The highest BCUT2D eigenvalue weighted by Gasteiger charge is 2.21. The second-order valence-electron chi connectivity index (χ2n) is 5.14. The van der Waals surface area contributed by atoms with Crippen LogP contribution in [0.3, 0.4) is 0 Å². The van der Waals surface area contributed by atoms with Crippen LogP contribution in [0.5, 0.6) is 0 Å². The molecule has 0 saturated carbocycles. The first kappa shape index (κ1) is 15.1. The Hall–Kier alpha value is -2.76. The number of carbonyl (C=O) groups excluding carboxylic acids is 1. The Morgan fingerprint density at radius 3 is 2.61 bits per heavy atom. The van der Waals surface area contributed by atoms with Crippen molar-refractivity contribution >= 4 is 17.2 Å². The minimum absolute atomic E-state index is 0.296. The molecule has 0 bridgehead atoms. The van der Waals surface area contributed by atoms with Crippen molar-refractivity contribution in [1.82, 2.24) is 9.38 Å². The molecule has 0 unspecified atom stereocenters. The van der Waals surface area contributed by atoms with Gasteiger partial charge < -0.3 is 5.32 Å². The second kappa shape index (κ2) is 6.16. The lowest BCUT2D eigenvalue weighted by Crippen LogP contribution is -2.18. The number of benzene rings is 1. The molecule has 0 fully saturated rings. The monoisotopic (exact) mass is 315 g/mol. The van der Waals surface area contributed by atoms with E-state index in [1.54, 1.807) is 22.7 Å². The Labute approximate surface area is 131 Å². The number of anilines is 1. The molecule has 23 heavy (non-hydrogen) atoms. The third kappa shape index (κ3) is 2.79. The van der Waals surface area contributed by atoms with Gasteiger partial charge in [-0.1, -0.05) is 25.5 Å². The Kier molecular flexibility index (Phi) is 4.06. The third-order valence-corrected chi connectivity index (χ3v) is 3.51. The molecule has 0 saturated heterocycles. The molecule has 1 amide bonds. The molecule has 0 radical (unpaired) electrons. The number of carbonyl (C=O) groups is 1. The van der Waals surface area contributed by atoms with E-state index in [4.69, 9.17) is 0 Å². The van der Waals surface area contributed by atoms with Gasteiger partial charge in [-0.05, 0) is 30.7 Å². The topological polar surface area (TPSA) is 46.4 Å². The molecular formula is C17H15F2N3O. The van der Waals surface area contributed by atoms with Gasteiger partial charge in [-0.2, -0.15) is 0 Å². The normalized spacial score (nSPS) is 10.9. The van der Waals surface area contributed by atoms with Crippen molar-refractivity contribution in [2.24, 2.45) is 0 Å². The average Bonchev–Trinajstić information content (AvgIpc) is 2.89. The fourth-order valence-corrected chi connectivity index (χ4v) is 2.49. The van der Waals surface area contributed by atoms with E-state index < -0.39 is 23.2 Å². The summed E-state index contributed by atoms with van der Waals surface area (Å²) in [6.07, 6.45) is 3.11. The minimum atomic E-state index is -0.816. The molecule has 2 aromatic heterocycles. The number of hydrogen-bond acceptors (Lipinski definition) is 2. The molecule has 1 aromatic carbocycles. The van der Waals surface area contributed by atoms with Crippen molar-refractivity contribution in [3.8, 4) is 0 Å². The van der Waals surface area contributed by atoms with Gasteiger partial charge in [0.2, 0.25) is 0 Å². The predicted molar refractivity (Wildman–Crippen MR) is 83.5 cm³/mol. The summed E-state index contributed by atoms with van der Waals surface area (Å²) >= 11 is 0. The van der Waals surface area contributed by atoms with Crippen LogP contribution in [0.1, 0.15) is 29.5 Å². The van der Waals surface area contributed by atoms with E-state index in [1.165, 1.54) is 6.07 Å². The van der Waals surface area contributed by atoms with Crippen LogP contribution in [0.2, 0.25) is 0 Å². The van der Waals surface area contributed by atoms with Gasteiger partial charge in [0.25, 0.3) is 5.91 Å². The number of halogens is 2. The van der Waals surface area contributed by atoms with E-state index in [0.717, 1.165) is 18.6 Å². The summed E-state index contributed by atoms with van der Waals surface area (Å²) in [5, 5.41) is 2.32. The van der Waals surface area contributed by atoms with E-state index in [0.29, 0.717) is 23.5 Å². The SMILES string of the molecule is CCCc1nc2ccccn2c1C(=O)Nc1c(F)cccc1F. The highest BCUT2D eigenvalue weighted by molar-refractivity contribution is 6.04. The number of aromatic nitrogens is 2. The molecule has 1 N–H and O–H groups in total. The molecule has 3 aromatic rings. The van der Waals surface area contributed by atoms with Crippen molar-refractivity contribution in [2.45, 2.75) is 19.8 Å². The van der Waals surface area contributed by atoms with Crippen LogP contribution in [0.15, 0.2) is 42.6 Å². The van der Waals surface area contributed by atoms with E-state index in [1.807, 2.05) is 13.0 Å². The molecule has 6 heteroatoms. The first-order valence-electron chi connectivity index (χ1n) is 7.33. The van der Waals surface area contributed by atoms with Crippen LogP contribution in [-0.4, -0.2) is 15.3 Å². The maximum Gasteiger partial charge on any atom is 0.274 e. The van der Waals surface area contributed by atoms with Gasteiger partial charge >= 0.3 is 0 Å². The number of aryl methyl sites for hydroxylation is 1. The molecule has 0 aliphatic heterocycles. The van der Waals surface area contributed by atoms with Gasteiger partial charge in [-0.15, -0.1) is 0 Å². The Morgan fingerprint density at radius 2 is 1.91 bits per heavy atom. The van der Waals surface area contributed by atoms with Gasteiger partial charge in [0, 0.05) is 6.20 Å². The smallest absolute Gasteiger partial charge is 0.274 e. The summed E-state index contributed by atoms with van der Waals surface area (Å²) in [4.78, 5) is 17.0. The van der Waals surface area contributed by atoms with E-state index in [9.17, 15) is 13.6 Å². The average molecular weight is 315 g/mol. The maximum atomic E-state index is 13.7. The van der Waals surface area contributed by atoms with Gasteiger partial charge in [0.05, 0.1) is 5.69 Å². The quantitative estimate of drug-likeness (QED) is 0.795. The van der Waals surface area contributed by atoms with E-state index in [2.05, 4.69) is 10.3 Å². The zero-order chi connectivity index (χ0) is 16.4. The molecule has 0 aliphatic carbocycles. The third-order valence-electron chi connectivity index (χ3n) is 3.51. The fraction of sp³-hybridized carbons (Fsp3) is 0.176. The lowest BCUT2D eigenvalue weighted by Gasteiger charge is -2.08. The van der Waals surface area contributed by atoms with Crippen molar-refractivity contribution in [2.75, 3.05) is 5.32 Å². The zero-order valence-electron chi connectivity index (χ0n) is 12.5. The Bertz CT molecular complexity index is 853. The largest absolute Gasteiger partial charge is 0.316 e. The second-order valence-corrected chi connectivity index (χ2v) is 5.14. The van der Waals surface area contributed by atoms with Crippen LogP contribution in [0, 0.1) is 11.6 Å². The predicted octanol–water partition coefficient (Wildman–Crippen LogP) is 3.82. The van der Waals surface area contributed by atoms with Gasteiger partial charge in [0.1, 0.15) is 28.7 Å². The highest BCUT2D eigenvalue weighted by Crippen LogP contribution is 2.21. The number of fused-ring (bicyclic) bond motifs is 1. The Balaban J connectivity index is 2.05. The summed E-state index contributed by atoms with van der Waals surface area (Å²) in [6.45, 7) is 1.97. The molecule has 0 aliphatic rings. The summed E-state index contributed by atoms with van der Waals surface area (Å²) in [7, 11) is 0.